The van der Waals surface area contributed by atoms with E-state index in [0.717, 1.165) is 102 Å². The molecular weight excluding hydrogens is 1280 g/mol. The highest BCUT2D eigenvalue weighted by Gasteiger charge is 2.30. The molecule has 0 heterocycles. The summed E-state index contributed by atoms with van der Waals surface area (Å²) in [6.07, 6.45) is 59.7. The maximum Gasteiger partial charge on any atom is 0.472 e. The molecule has 0 spiro atoms. The van der Waals surface area contributed by atoms with Crippen LogP contribution in [0.4, 0.5) is 0 Å². The van der Waals surface area contributed by atoms with Gasteiger partial charge in [-0.2, -0.15) is 0 Å². The lowest BCUT2D eigenvalue weighted by Gasteiger charge is -2.21. The van der Waals surface area contributed by atoms with E-state index in [1.54, 1.807) is 0 Å². The third-order valence-electron chi connectivity index (χ3n) is 18.5. The van der Waals surface area contributed by atoms with E-state index < -0.39 is 97.5 Å². The van der Waals surface area contributed by atoms with Gasteiger partial charge in [0, 0.05) is 25.7 Å². The zero-order chi connectivity index (χ0) is 72.1. The molecule has 98 heavy (non-hydrogen) atoms. The van der Waals surface area contributed by atoms with Crippen molar-refractivity contribution in [3.05, 3.63) is 0 Å². The van der Waals surface area contributed by atoms with Crippen molar-refractivity contribution >= 4 is 39.5 Å². The molecule has 17 nitrogen and oxygen atoms in total. The average molecular weight is 1440 g/mol. The standard InChI is InChI=1S/C79H154O17P2/c1-7-9-11-13-15-17-19-21-23-25-27-29-33-37-43-49-55-61-76(81)89-67-74(95-78(83)63-57-51-44-38-34-30-28-26-24-22-20-18-16-14-12-10-8-2)69-93-97(85,86)91-65-73(80)66-92-98(87,88)94-70-75(68-90-77(82)62-56-50-46-40-42-48-54-60-72(5)6)96-79(84)64-58-52-45-39-35-31-32-36-41-47-53-59-71(3)4/h71-75,80H,7-70H2,1-6H3,(H,85,86)(H,87,88)/t73-,74-,75-/m1/s1. The van der Waals surface area contributed by atoms with Crippen molar-refractivity contribution in [1.29, 1.82) is 0 Å². The molecule has 0 aliphatic carbocycles. The number of aliphatic hydroxyl groups is 1. The first-order chi connectivity index (χ1) is 47.4. The van der Waals surface area contributed by atoms with Gasteiger partial charge in [-0.15, -0.1) is 0 Å². The number of carbonyl (C=O) groups is 4. The Balaban J connectivity index is 5.24. The van der Waals surface area contributed by atoms with E-state index in [1.807, 2.05) is 0 Å². The van der Waals surface area contributed by atoms with Gasteiger partial charge >= 0.3 is 39.5 Å². The fourth-order valence-corrected chi connectivity index (χ4v) is 13.8. The third-order valence-corrected chi connectivity index (χ3v) is 20.4. The van der Waals surface area contributed by atoms with Crippen molar-refractivity contribution < 1.29 is 80.2 Å². The molecule has 0 bridgehead atoms. The minimum atomic E-state index is -4.96. The van der Waals surface area contributed by atoms with Crippen LogP contribution in [0.15, 0.2) is 0 Å². The van der Waals surface area contributed by atoms with Crippen LogP contribution in [0.2, 0.25) is 0 Å². The summed E-state index contributed by atoms with van der Waals surface area (Å²) in [6.45, 7) is 9.57. The number of hydrogen-bond acceptors (Lipinski definition) is 15. The Hall–Kier alpha value is -1.94. The number of carbonyl (C=O) groups excluding carboxylic acids is 4. The molecular formula is C79H154O17P2. The van der Waals surface area contributed by atoms with Crippen LogP contribution < -0.4 is 0 Å². The molecule has 2 unspecified atom stereocenters. The van der Waals surface area contributed by atoms with Gasteiger partial charge in [0.05, 0.1) is 26.4 Å². The number of aliphatic hydroxyl groups excluding tert-OH is 1. The van der Waals surface area contributed by atoms with E-state index in [2.05, 4.69) is 41.5 Å². The number of ether oxygens (including phenoxy) is 4. The van der Waals surface area contributed by atoms with E-state index in [9.17, 15) is 43.2 Å². The summed E-state index contributed by atoms with van der Waals surface area (Å²) in [5.41, 5.74) is 0. The summed E-state index contributed by atoms with van der Waals surface area (Å²) in [6, 6.07) is 0. The maximum atomic E-state index is 13.1. The first kappa shape index (κ1) is 96.1. The third kappa shape index (κ3) is 72.4. The number of phosphoric acid groups is 2. The van der Waals surface area contributed by atoms with E-state index in [0.29, 0.717) is 31.6 Å². The monoisotopic (exact) mass is 1440 g/mol. The van der Waals surface area contributed by atoms with E-state index >= 15 is 0 Å². The Labute approximate surface area is 600 Å². The first-order valence-corrected chi connectivity index (χ1v) is 44.0. The van der Waals surface area contributed by atoms with Crippen LogP contribution in [0.1, 0.15) is 414 Å². The van der Waals surface area contributed by atoms with Crippen LogP contribution in [0.25, 0.3) is 0 Å². The highest BCUT2D eigenvalue weighted by molar-refractivity contribution is 7.47. The summed E-state index contributed by atoms with van der Waals surface area (Å²) >= 11 is 0. The van der Waals surface area contributed by atoms with Crippen molar-refractivity contribution in [2.75, 3.05) is 39.6 Å². The molecule has 0 aromatic carbocycles. The van der Waals surface area contributed by atoms with E-state index in [-0.39, 0.29) is 25.7 Å². The Bertz CT molecular complexity index is 1890. The van der Waals surface area contributed by atoms with Gasteiger partial charge in [0.1, 0.15) is 19.3 Å². The smallest absolute Gasteiger partial charge is 0.462 e. The molecule has 0 amide bonds. The van der Waals surface area contributed by atoms with Gasteiger partial charge in [-0.05, 0) is 37.5 Å². The zero-order valence-electron chi connectivity index (χ0n) is 64.1. The number of esters is 4. The second kappa shape index (κ2) is 70.7. The molecule has 19 heteroatoms. The molecule has 0 radical (unpaired) electrons. The number of unbranched alkanes of at least 4 members (excludes halogenated alkanes) is 48. The second-order valence-corrected chi connectivity index (χ2v) is 32.3. The molecule has 0 aliphatic heterocycles. The molecule has 0 rings (SSSR count). The average Bonchev–Trinajstić information content (AvgIpc) is 1.12. The molecule has 3 N–H and O–H groups in total. The lowest BCUT2D eigenvalue weighted by Crippen LogP contribution is -2.30. The van der Waals surface area contributed by atoms with Crippen LogP contribution in [-0.4, -0.2) is 96.7 Å². The predicted molar refractivity (Wildman–Crippen MR) is 400 cm³/mol. The van der Waals surface area contributed by atoms with Crippen LogP contribution in [0.5, 0.6) is 0 Å². The van der Waals surface area contributed by atoms with Crippen molar-refractivity contribution in [1.82, 2.24) is 0 Å². The van der Waals surface area contributed by atoms with E-state index in [1.165, 1.54) is 225 Å². The van der Waals surface area contributed by atoms with Gasteiger partial charge in [-0.1, -0.05) is 363 Å². The van der Waals surface area contributed by atoms with E-state index in [4.69, 9.17) is 37.0 Å². The summed E-state index contributed by atoms with van der Waals surface area (Å²) in [4.78, 5) is 72.9. The largest absolute Gasteiger partial charge is 0.472 e. The van der Waals surface area contributed by atoms with Gasteiger partial charge in [0.2, 0.25) is 0 Å². The highest BCUT2D eigenvalue weighted by Crippen LogP contribution is 2.45. The number of hydrogen-bond donors (Lipinski definition) is 3. The van der Waals surface area contributed by atoms with Crippen LogP contribution in [-0.2, 0) is 65.4 Å². The van der Waals surface area contributed by atoms with Gasteiger partial charge in [0.25, 0.3) is 0 Å². The van der Waals surface area contributed by atoms with Gasteiger partial charge < -0.3 is 33.8 Å². The Morgan fingerprint density at radius 3 is 0.694 bits per heavy atom. The fraction of sp³-hybridized carbons (Fsp3) is 0.949. The molecule has 0 aromatic rings. The topological polar surface area (TPSA) is 237 Å². The zero-order valence-corrected chi connectivity index (χ0v) is 65.9. The highest BCUT2D eigenvalue weighted by atomic mass is 31.2. The lowest BCUT2D eigenvalue weighted by atomic mass is 10.0. The molecule has 0 saturated carbocycles. The number of phosphoric ester groups is 2. The summed E-state index contributed by atoms with van der Waals surface area (Å²) < 4.78 is 68.6. The normalized spacial score (nSPS) is 13.9. The second-order valence-electron chi connectivity index (χ2n) is 29.4. The summed E-state index contributed by atoms with van der Waals surface area (Å²) in [7, 11) is -9.92. The van der Waals surface area contributed by atoms with Gasteiger partial charge in [-0.25, -0.2) is 9.13 Å². The number of rotatable bonds is 78. The molecule has 582 valence electrons. The maximum absolute atomic E-state index is 13.1. The quantitative estimate of drug-likeness (QED) is 0.0222. The van der Waals surface area contributed by atoms with Gasteiger partial charge in [-0.3, -0.25) is 37.3 Å². The lowest BCUT2D eigenvalue weighted by molar-refractivity contribution is -0.161. The minimum absolute atomic E-state index is 0.106. The predicted octanol–water partition coefficient (Wildman–Crippen LogP) is 23.5. The van der Waals surface area contributed by atoms with Crippen molar-refractivity contribution in [2.45, 2.75) is 432 Å². The van der Waals surface area contributed by atoms with Crippen LogP contribution in [0.3, 0.4) is 0 Å². The summed E-state index contributed by atoms with van der Waals surface area (Å²) in [5, 5.41) is 10.6. The molecule has 0 aromatic heterocycles. The van der Waals surface area contributed by atoms with Crippen molar-refractivity contribution in [3.63, 3.8) is 0 Å². The van der Waals surface area contributed by atoms with Gasteiger partial charge in [0.15, 0.2) is 12.2 Å². The first-order valence-electron chi connectivity index (χ1n) is 41.0. The Kier molecular flexibility index (Phi) is 69.3. The van der Waals surface area contributed by atoms with Crippen LogP contribution in [0, 0.1) is 11.8 Å². The van der Waals surface area contributed by atoms with Crippen molar-refractivity contribution in [2.24, 2.45) is 11.8 Å². The van der Waals surface area contributed by atoms with Crippen molar-refractivity contribution in [3.8, 4) is 0 Å². The van der Waals surface area contributed by atoms with Crippen LogP contribution >= 0.6 is 15.6 Å². The molecule has 0 fully saturated rings. The fourth-order valence-electron chi connectivity index (χ4n) is 12.2. The SMILES string of the molecule is CCCCCCCCCCCCCCCCCCCC(=O)OC[C@H](COP(=O)(O)OC[C@@H](O)COP(=O)(O)OC[C@@H](COC(=O)CCCCCCCCCC(C)C)OC(=O)CCCCCCCCCCCCCC(C)C)OC(=O)CCCCCCCCCCCCCCCCCCC. The Morgan fingerprint density at radius 2 is 0.469 bits per heavy atom. The molecule has 5 atom stereocenters. The molecule has 0 saturated heterocycles. The summed E-state index contributed by atoms with van der Waals surface area (Å²) in [5.74, 6) is -0.641. The Morgan fingerprint density at radius 1 is 0.276 bits per heavy atom. The molecule has 0 aliphatic rings. The minimum Gasteiger partial charge on any atom is -0.462 e.